The predicted molar refractivity (Wildman–Crippen MR) is 67.6 cm³/mol. The number of hydrogen-bond donors (Lipinski definition) is 4. The molecule has 4 N–H and O–H groups in total. The first-order valence-electron chi connectivity index (χ1n) is 6.30. The zero-order valence-corrected chi connectivity index (χ0v) is 10.7. The zero-order valence-electron chi connectivity index (χ0n) is 10.7. The Morgan fingerprint density at radius 1 is 1.39 bits per heavy atom. The van der Waals surface area contributed by atoms with Crippen LogP contribution in [0.15, 0.2) is 0 Å². The molecule has 0 spiro atoms. The van der Waals surface area contributed by atoms with Crippen molar-refractivity contribution >= 4 is 12.0 Å². The highest BCUT2D eigenvalue weighted by Gasteiger charge is 2.13. The van der Waals surface area contributed by atoms with Gasteiger partial charge in [0.05, 0.1) is 0 Å². The van der Waals surface area contributed by atoms with Gasteiger partial charge in [0.15, 0.2) is 0 Å². The molecule has 1 heterocycles. The van der Waals surface area contributed by atoms with Gasteiger partial charge in [0.25, 0.3) is 0 Å². The molecule has 0 aliphatic carbocycles. The second-order valence-electron chi connectivity index (χ2n) is 4.41. The Kier molecular flexibility index (Phi) is 6.45. The van der Waals surface area contributed by atoms with Crippen molar-refractivity contribution in [3.8, 4) is 0 Å². The van der Waals surface area contributed by atoms with Crippen LogP contribution in [0.2, 0.25) is 0 Å². The van der Waals surface area contributed by atoms with Crippen molar-refractivity contribution in [2.45, 2.75) is 19.4 Å². The quantitative estimate of drug-likeness (QED) is 0.461. The second kappa shape index (κ2) is 7.88. The van der Waals surface area contributed by atoms with Crippen LogP contribution in [-0.2, 0) is 4.79 Å². The van der Waals surface area contributed by atoms with Gasteiger partial charge in [0.2, 0.25) is 0 Å². The number of nitrogens with one attached hydrogen (secondary N) is 3. The molecular weight excluding hydrogens is 236 g/mol. The van der Waals surface area contributed by atoms with Gasteiger partial charge in [-0.1, -0.05) is 0 Å². The number of nitrogens with zero attached hydrogens (tertiary/aromatic N) is 1. The molecule has 1 aliphatic heterocycles. The van der Waals surface area contributed by atoms with Crippen molar-refractivity contribution in [1.29, 1.82) is 0 Å². The van der Waals surface area contributed by atoms with Crippen LogP contribution in [-0.4, -0.2) is 67.3 Å². The highest BCUT2D eigenvalue weighted by atomic mass is 16.4. The maximum Gasteiger partial charge on any atom is 0.325 e. The van der Waals surface area contributed by atoms with E-state index in [1.165, 1.54) is 6.92 Å². The monoisotopic (exact) mass is 258 g/mol. The first-order chi connectivity index (χ1) is 8.59. The van der Waals surface area contributed by atoms with Crippen molar-refractivity contribution in [3.05, 3.63) is 0 Å². The molecule has 0 unspecified atom stereocenters. The summed E-state index contributed by atoms with van der Waals surface area (Å²) in [6.07, 6.45) is 0.870. The van der Waals surface area contributed by atoms with Crippen LogP contribution in [0, 0.1) is 0 Å². The van der Waals surface area contributed by atoms with E-state index < -0.39 is 18.0 Å². The molecule has 104 valence electrons. The van der Waals surface area contributed by atoms with Crippen LogP contribution < -0.4 is 16.0 Å². The standard InChI is InChI=1S/C11H22N4O3/c1-9(10(16)17)14-11(18)13-3-2-6-15-7-4-12-5-8-15/h9,12H,2-8H2,1H3,(H,16,17)(H2,13,14,18)/t9-/m0/s1. The molecule has 1 saturated heterocycles. The molecule has 18 heavy (non-hydrogen) atoms. The summed E-state index contributed by atoms with van der Waals surface area (Å²) >= 11 is 0. The predicted octanol–water partition coefficient (Wildman–Crippen LogP) is -0.946. The fraction of sp³-hybridized carbons (Fsp3) is 0.818. The van der Waals surface area contributed by atoms with Crippen LogP contribution in [0.3, 0.4) is 0 Å². The van der Waals surface area contributed by atoms with Crippen molar-refractivity contribution in [1.82, 2.24) is 20.9 Å². The lowest BCUT2D eigenvalue weighted by Gasteiger charge is -2.27. The molecule has 1 aliphatic rings. The summed E-state index contributed by atoms with van der Waals surface area (Å²) in [5.74, 6) is -1.04. The number of piperazine rings is 1. The molecule has 0 aromatic heterocycles. The lowest BCUT2D eigenvalue weighted by molar-refractivity contribution is -0.138. The molecule has 0 aromatic rings. The molecule has 1 rings (SSSR count). The topological polar surface area (TPSA) is 93.7 Å². The molecule has 0 bridgehead atoms. The highest BCUT2D eigenvalue weighted by molar-refractivity contribution is 5.82. The molecule has 7 heteroatoms. The van der Waals surface area contributed by atoms with E-state index in [2.05, 4.69) is 20.9 Å². The number of carbonyl (C=O) groups is 2. The molecule has 7 nitrogen and oxygen atoms in total. The van der Waals surface area contributed by atoms with Crippen molar-refractivity contribution in [2.75, 3.05) is 39.3 Å². The number of carboxylic acid groups (broad SMARTS) is 1. The summed E-state index contributed by atoms with van der Waals surface area (Å²) in [6, 6.07) is -1.29. The number of hydrogen-bond acceptors (Lipinski definition) is 4. The average Bonchev–Trinajstić information content (AvgIpc) is 2.35. The van der Waals surface area contributed by atoms with E-state index in [0.717, 1.165) is 39.1 Å². The summed E-state index contributed by atoms with van der Waals surface area (Å²) < 4.78 is 0. The first-order valence-corrected chi connectivity index (χ1v) is 6.30. The third-order valence-electron chi connectivity index (χ3n) is 2.86. The Hall–Kier alpha value is -1.34. The van der Waals surface area contributed by atoms with Crippen LogP contribution in [0.1, 0.15) is 13.3 Å². The molecule has 1 atom stereocenters. The lowest BCUT2D eigenvalue weighted by atomic mass is 10.3. The lowest BCUT2D eigenvalue weighted by Crippen LogP contribution is -2.46. The van der Waals surface area contributed by atoms with Crippen LogP contribution in [0.4, 0.5) is 4.79 Å². The summed E-state index contributed by atoms with van der Waals surface area (Å²) in [5, 5.41) is 16.9. The summed E-state index contributed by atoms with van der Waals surface area (Å²) in [4.78, 5) is 24.2. The molecule has 1 fully saturated rings. The maximum atomic E-state index is 11.3. The van der Waals surface area contributed by atoms with Crippen molar-refractivity contribution < 1.29 is 14.7 Å². The Morgan fingerprint density at radius 3 is 2.67 bits per heavy atom. The van der Waals surface area contributed by atoms with Gasteiger partial charge >= 0.3 is 12.0 Å². The Balaban J connectivity index is 2.03. The highest BCUT2D eigenvalue weighted by Crippen LogP contribution is 1.93. The smallest absolute Gasteiger partial charge is 0.325 e. The fourth-order valence-corrected chi connectivity index (χ4v) is 1.75. The van der Waals surface area contributed by atoms with Gasteiger partial charge in [0.1, 0.15) is 6.04 Å². The minimum Gasteiger partial charge on any atom is -0.480 e. The number of carboxylic acids is 1. The van der Waals surface area contributed by atoms with Gasteiger partial charge in [-0.05, 0) is 19.9 Å². The number of rotatable bonds is 6. The van der Waals surface area contributed by atoms with Crippen molar-refractivity contribution in [3.63, 3.8) is 0 Å². The maximum absolute atomic E-state index is 11.3. The minimum absolute atomic E-state index is 0.426. The number of carbonyl (C=O) groups excluding carboxylic acids is 1. The Bertz CT molecular complexity index is 279. The first kappa shape index (κ1) is 14.7. The Labute approximate surface area is 107 Å². The van der Waals surface area contributed by atoms with E-state index in [9.17, 15) is 9.59 Å². The summed E-state index contributed by atoms with van der Waals surface area (Å²) in [7, 11) is 0. The van der Waals surface area contributed by atoms with Gasteiger partial charge in [0, 0.05) is 32.7 Å². The number of amides is 2. The largest absolute Gasteiger partial charge is 0.480 e. The van der Waals surface area contributed by atoms with Crippen molar-refractivity contribution in [2.24, 2.45) is 0 Å². The van der Waals surface area contributed by atoms with E-state index in [0.29, 0.717) is 6.54 Å². The van der Waals surface area contributed by atoms with Gasteiger partial charge in [-0.15, -0.1) is 0 Å². The SMILES string of the molecule is C[C@H](NC(=O)NCCCN1CCNCC1)C(=O)O. The fourth-order valence-electron chi connectivity index (χ4n) is 1.75. The third-order valence-corrected chi connectivity index (χ3v) is 2.86. The van der Waals surface area contributed by atoms with E-state index >= 15 is 0 Å². The minimum atomic E-state index is -1.04. The third kappa shape index (κ3) is 5.83. The molecular formula is C11H22N4O3. The molecule has 0 radical (unpaired) electrons. The van der Waals surface area contributed by atoms with E-state index in [4.69, 9.17) is 5.11 Å². The number of urea groups is 1. The van der Waals surface area contributed by atoms with Crippen LogP contribution >= 0.6 is 0 Å². The summed E-state index contributed by atoms with van der Waals surface area (Å²) in [6.45, 7) is 7.07. The van der Waals surface area contributed by atoms with E-state index in [-0.39, 0.29) is 0 Å². The Morgan fingerprint density at radius 2 is 2.06 bits per heavy atom. The van der Waals surface area contributed by atoms with Crippen LogP contribution in [0.25, 0.3) is 0 Å². The van der Waals surface area contributed by atoms with Crippen LogP contribution in [0.5, 0.6) is 0 Å². The number of aliphatic carboxylic acids is 1. The molecule has 2 amide bonds. The molecule has 0 aromatic carbocycles. The van der Waals surface area contributed by atoms with E-state index in [1.807, 2.05) is 0 Å². The normalized spacial score (nSPS) is 18.1. The average molecular weight is 258 g/mol. The summed E-state index contributed by atoms with van der Waals surface area (Å²) in [5.41, 5.74) is 0. The second-order valence-corrected chi connectivity index (χ2v) is 4.41. The van der Waals surface area contributed by atoms with Gasteiger partial charge in [-0.25, -0.2) is 4.79 Å². The van der Waals surface area contributed by atoms with Gasteiger partial charge in [-0.2, -0.15) is 0 Å². The molecule has 0 saturated carbocycles. The van der Waals surface area contributed by atoms with Gasteiger partial charge in [-0.3, -0.25) is 4.79 Å². The zero-order chi connectivity index (χ0) is 13.4. The van der Waals surface area contributed by atoms with Gasteiger partial charge < -0.3 is 26.0 Å². The van der Waals surface area contributed by atoms with E-state index in [1.54, 1.807) is 0 Å².